The summed E-state index contributed by atoms with van der Waals surface area (Å²) < 4.78 is 1.65. The average Bonchev–Trinajstić information content (AvgIpc) is 3.28. The predicted octanol–water partition coefficient (Wildman–Crippen LogP) is 6.61. The third-order valence-corrected chi connectivity index (χ3v) is 7.76. The van der Waals surface area contributed by atoms with Crippen molar-refractivity contribution in [1.29, 1.82) is 0 Å². The van der Waals surface area contributed by atoms with Crippen molar-refractivity contribution in [1.82, 2.24) is 19.6 Å². The van der Waals surface area contributed by atoms with E-state index in [0.29, 0.717) is 28.8 Å². The number of Topliss-reactive ketones (excluding diaryl/α,β-unsaturated/α-hetero) is 1. The number of hydrogen-bond donors (Lipinski definition) is 0. The van der Waals surface area contributed by atoms with Gasteiger partial charge in [0.15, 0.2) is 5.78 Å². The molecule has 6 heteroatoms. The SMILES string of the molecule is CC(C)c1ccc(C2CC(=O)c3cn4nc(SCc5cccc6ccccc56)nc4nc3C2)cc1. The quantitative estimate of drug-likeness (QED) is 0.266. The molecule has 0 saturated heterocycles. The molecule has 0 aliphatic heterocycles. The van der Waals surface area contributed by atoms with Gasteiger partial charge >= 0.3 is 0 Å². The molecule has 35 heavy (non-hydrogen) atoms. The Morgan fingerprint density at radius 2 is 1.77 bits per heavy atom. The summed E-state index contributed by atoms with van der Waals surface area (Å²) in [5, 5.41) is 7.75. The lowest BCUT2D eigenvalue weighted by molar-refractivity contribution is 0.0962. The maximum atomic E-state index is 13.0. The molecule has 0 amide bonds. The molecule has 0 N–H and O–H groups in total. The van der Waals surface area contributed by atoms with Gasteiger partial charge in [-0.05, 0) is 45.7 Å². The first-order chi connectivity index (χ1) is 17.0. The summed E-state index contributed by atoms with van der Waals surface area (Å²) in [6.45, 7) is 4.38. The number of carbonyl (C=O) groups is 1. The molecule has 0 fully saturated rings. The molecule has 3 aromatic carbocycles. The largest absolute Gasteiger partial charge is 0.294 e. The van der Waals surface area contributed by atoms with Crippen LogP contribution in [0.1, 0.15) is 64.8 Å². The summed E-state index contributed by atoms with van der Waals surface area (Å²) in [7, 11) is 0. The first-order valence-electron chi connectivity index (χ1n) is 12.0. The molecular weight excluding hydrogens is 452 g/mol. The van der Waals surface area contributed by atoms with Gasteiger partial charge in [0.1, 0.15) is 0 Å². The lowest BCUT2D eigenvalue weighted by atomic mass is 9.81. The number of benzene rings is 3. The van der Waals surface area contributed by atoms with Crippen molar-refractivity contribution in [3.8, 4) is 0 Å². The maximum Gasteiger partial charge on any atom is 0.253 e. The molecule has 0 radical (unpaired) electrons. The monoisotopic (exact) mass is 478 g/mol. The first-order valence-corrected chi connectivity index (χ1v) is 13.0. The standard InChI is InChI=1S/C29H26N4OS/c1-18(2)19-10-12-20(13-11-19)23-14-26-25(27(34)15-23)16-33-28(30-26)31-29(32-33)35-17-22-8-5-7-21-6-3-4-9-24(21)22/h3-13,16,18,23H,14-15,17H2,1-2H3. The van der Waals surface area contributed by atoms with Crippen LogP contribution in [0.4, 0.5) is 0 Å². The van der Waals surface area contributed by atoms with Crippen LogP contribution >= 0.6 is 11.8 Å². The third-order valence-electron chi connectivity index (χ3n) is 6.87. The van der Waals surface area contributed by atoms with E-state index in [9.17, 15) is 4.79 Å². The lowest BCUT2D eigenvalue weighted by Crippen LogP contribution is -2.21. The Kier molecular flexibility index (Phi) is 5.61. The van der Waals surface area contributed by atoms with Crippen molar-refractivity contribution in [2.75, 3.05) is 0 Å². The van der Waals surface area contributed by atoms with Crippen LogP contribution < -0.4 is 0 Å². The van der Waals surface area contributed by atoms with Gasteiger partial charge in [0.25, 0.3) is 5.78 Å². The minimum Gasteiger partial charge on any atom is -0.294 e. The van der Waals surface area contributed by atoms with E-state index in [1.54, 1.807) is 16.3 Å². The van der Waals surface area contributed by atoms with E-state index in [1.807, 2.05) is 6.20 Å². The zero-order chi connectivity index (χ0) is 23.9. The summed E-state index contributed by atoms with van der Waals surface area (Å²) in [6, 6.07) is 23.4. The van der Waals surface area contributed by atoms with E-state index >= 15 is 0 Å². The normalized spacial score (nSPS) is 15.7. The van der Waals surface area contributed by atoms with E-state index in [1.165, 1.54) is 27.5 Å². The van der Waals surface area contributed by atoms with E-state index in [0.717, 1.165) is 17.9 Å². The Morgan fingerprint density at radius 3 is 2.60 bits per heavy atom. The van der Waals surface area contributed by atoms with Gasteiger partial charge in [-0.2, -0.15) is 4.98 Å². The molecule has 1 unspecified atom stereocenters. The van der Waals surface area contributed by atoms with Gasteiger partial charge in [0, 0.05) is 18.4 Å². The van der Waals surface area contributed by atoms with Gasteiger partial charge in [0.05, 0.1) is 11.3 Å². The third kappa shape index (κ3) is 4.23. The summed E-state index contributed by atoms with van der Waals surface area (Å²) >= 11 is 1.59. The Morgan fingerprint density at radius 1 is 0.971 bits per heavy atom. The van der Waals surface area contributed by atoms with Crippen molar-refractivity contribution in [2.24, 2.45) is 0 Å². The molecule has 1 aliphatic rings. The number of ketones is 1. The zero-order valence-electron chi connectivity index (χ0n) is 19.8. The van der Waals surface area contributed by atoms with Gasteiger partial charge in [0.2, 0.25) is 5.16 Å². The summed E-state index contributed by atoms with van der Waals surface area (Å²) in [5.74, 6) is 2.08. The van der Waals surface area contributed by atoms with E-state index in [-0.39, 0.29) is 11.7 Å². The lowest BCUT2D eigenvalue weighted by Gasteiger charge is -2.23. The van der Waals surface area contributed by atoms with Crippen LogP contribution in [-0.4, -0.2) is 25.4 Å². The van der Waals surface area contributed by atoms with Crippen LogP contribution in [0.15, 0.2) is 78.1 Å². The van der Waals surface area contributed by atoms with Crippen molar-refractivity contribution >= 4 is 34.1 Å². The molecule has 5 aromatic rings. The number of hydrogen-bond acceptors (Lipinski definition) is 5. The van der Waals surface area contributed by atoms with Crippen molar-refractivity contribution in [3.63, 3.8) is 0 Å². The highest BCUT2D eigenvalue weighted by atomic mass is 32.2. The first kappa shape index (κ1) is 22.0. The average molecular weight is 479 g/mol. The van der Waals surface area contributed by atoms with Crippen molar-refractivity contribution in [3.05, 3.63) is 101 Å². The predicted molar refractivity (Wildman–Crippen MR) is 140 cm³/mol. The van der Waals surface area contributed by atoms with E-state index < -0.39 is 0 Å². The molecule has 6 rings (SSSR count). The Bertz CT molecular complexity index is 1550. The molecule has 2 aromatic heterocycles. The minimum absolute atomic E-state index is 0.124. The van der Waals surface area contributed by atoms with Crippen LogP contribution in [0.2, 0.25) is 0 Å². The molecule has 5 nitrogen and oxygen atoms in total. The van der Waals surface area contributed by atoms with Crippen LogP contribution in [-0.2, 0) is 12.2 Å². The molecule has 0 spiro atoms. The van der Waals surface area contributed by atoms with Crippen LogP contribution in [0.25, 0.3) is 16.6 Å². The smallest absolute Gasteiger partial charge is 0.253 e. The highest BCUT2D eigenvalue weighted by Gasteiger charge is 2.28. The molecular formula is C29H26N4OS. The van der Waals surface area contributed by atoms with Crippen LogP contribution in [0.3, 0.4) is 0 Å². The number of rotatable bonds is 5. The van der Waals surface area contributed by atoms with Gasteiger partial charge in [-0.1, -0.05) is 92.3 Å². The zero-order valence-corrected chi connectivity index (χ0v) is 20.6. The molecule has 2 heterocycles. The topological polar surface area (TPSA) is 60.2 Å². The Hall–Kier alpha value is -3.51. The maximum absolute atomic E-state index is 13.0. The molecule has 0 saturated carbocycles. The Labute approximate surface area is 208 Å². The summed E-state index contributed by atoms with van der Waals surface area (Å²) in [4.78, 5) is 22.5. The molecule has 0 bridgehead atoms. The van der Waals surface area contributed by atoms with Gasteiger partial charge in [-0.25, -0.2) is 9.50 Å². The molecule has 1 atom stereocenters. The van der Waals surface area contributed by atoms with Crippen molar-refractivity contribution in [2.45, 2.75) is 49.4 Å². The van der Waals surface area contributed by atoms with Gasteiger partial charge in [-0.15, -0.1) is 5.10 Å². The highest BCUT2D eigenvalue weighted by molar-refractivity contribution is 7.98. The fraction of sp³-hybridized carbons (Fsp3) is 0.241. The van der Waals surface area contributed by atoms with E-state index in [2.05, 4.69) is 90.7 Å². The fourth-order valence-electron chi connectivity index (χ4n) is 4.88. The second-order valence-electron chi connectivity index (χ2n) is 9.52. The van der Waals surface area contributed by atoms with Crippen LogP contribution in [0, 0.1) is 0 Å². The fourth-order valence-corrected chi connectivity index (χ4v) is 5.70. The van der Waals surface area contributed by atoms with Gasteiger partial charge < -0.3 is 0 Å². The minimum atomic E-state index is 0.124. The second-order valence-corrected chi connectivity index (χ2v) is 10.5. The van der Waals surface area contributed by atoms with Crippen LogP contribution in [0.5, 0.6) is 0 Å². The highest BCUT2D eigenvalue weighted by Crippen LogP contribution is 2.33. The number of aromatic nitrogens is 4. The van der Waals surface area contributed by atoms with Gasteiger partial charge in [-0.3, -0.25) is 4.79 Å². The Balaban J connectivity index is 1.25. The van der Waals surface area contributed by atoms with E-state index in [4.69, 9.17) is 4.98 Å². The summed E-state index contributed by atoms with van der Waals surface area (Å²) in [5.41, 5.74) is 5.25. The number of thioether (sulfide) groups is 1. The number of fused-ring (bicyclic) bond motifs is 3. The summed E-state index contributed by atoms with van der Waals surface area (Å²) in [6.07, 6.45) is 3.05. The number of carbonyl (C=O) groups excluding carboxylic acids is 1. The molecule has 174 valence electrons. The molecule has 1 aliphatic carbocycles. The number of nitrogens with zero attached hydrogens (tertiary/aromatic N) is 4. The van der Waals surface area contributed by atoms with Crippen molar-refractivity contribution < 1.29 is 4.79 Å². The second kappa shape index (κ2) is 8.93.